The molecule has 1 amide bonds. The van der Waals surface area contributed by atoms with Crippen molar-refractivity contribution in [3.63, 3.8) is 0 Å². The van der Waals surface area contributed by atoms with E-state index in [4.69, 9.17) is 13.7 Å². The van der Waals surface area contributed by atoms with Crippen LogP contribution in [0.25, 0.3) is 0 Å². The van der Waals surface area contributed by atoms with Gasteiger partial charge < -0.3 is 18.6 Å². The summed E-state index contributed by atoms with van der Waals surface area (Å²) in [5, 5.41) is 0. The Morgan fingerprint density at radius 3 is 2.23 bits per heavy atom. The molecule has 0 N–H and O–H groups in total. The normalized spacial score (nSPS) is 12.0. The molecular formula is C26H28FNO6S. The van der Waals surface area contributed by atoms with Gasteiger partial charge >= 0.3 is 10.1 Å². The molecule has 9 heteroatoms. The van der Waals surface area contributed by atoms with E-state index in [-0.39, 0.29) is 34.9 Å². The highest BCUT2D eigenvalue weighted by Crippen LogP contribution is 2.32. The summed E-state index contributed by atoms with van der Waals surface area (Å²) in [5.41, 5.74) is 1.07. The molecule has 0 saturated carbocycles. The van der Waals surface area contributed by atoms with Crippen LogP contribution in [0.1, 0.15) is 36.2 Å². The van der Waals surface area contributed by atoms with Crippen LogP contribution in [0.3, 0.4) is 0 Å². The minimum absolute atomic E-state index is 0.0387. The third-order valence-electron chi connectivity index (χ3n) is 5.60. The van der Waals surface area contributed by atoms with Gasteiger partial charge in [0.2, 0.25) is 0 Å². The molecule has 7 nitrogen and oxygen atoms in total. The Kier molecular flexibility index (Phi) is 8.34. The minimum Gasteiger partial charge on any atom is -0.496 e. The molecule has 0 aliphatic rings. The van der Waals surface area contributed by atoms with Crippen molar-refractivity contribution >= 4 is 16.0 Å². The van der Waals surface area contributed by atoms with Gasteiger partial charge in [0.05, 0.1) is 19.8 Å². The number of nitrogens with zero attached hydrogens (tertiary/aromatic N) is 1. The van der Waals surface area contributed by atoms with Crippen molar-refractivity contribution in [3.05, 3.63) is 83.7 Å². The summed E-state index contributed by atoms with van der Waals surface area (Å²) in [5.74, 6) is -0.147. The lowest BCUT2D eigenvalue weighted by Crippen LogP contribution is -2.38. The van der Waals surface area contributed by atoms with Crippen LogP contribution in [0.5, 0.6) is 17.2 Å². The van der Waals surface area contributed by atoms with Crippen molar-refractivity contribution < 1.29 is 31.3 Å². The van der Waals surface area contributed by atoms with Gasteiger partial charge in [0.15, 0.2) is 11.5 Å². The molecule has 1 atom stereocenters. The molecule has 0 radical (unpaired) electrons. The second kappa shape index (κ2) is 11.2. The summed E-state index contributed by atoms with van der Waals surface area (Å²) in [6.07, 6.45) is 0.708. The third-order valence-corrected chi connectivity index (χ3v) is 6.85. The smallest absolute Gasteiger partial charge is 0.339 e. The Morgan fingerprint density at radius 2 is 1.60 bits per heavy atom. The van der Waals surface area contributed by atoms with Crippen LogP contribution in [0.4, 0.5) is 4.39 Å². The lowest BCUT2D eigenvalue weighted by Gasteiger charge is -2.29. The van der Waals surface area contributed by atoms with E-state index < -0.39 is 15.9 Å². The minimum atomic E-state index is -4.24. The zero-order valence-electron chi connectivity index (χ0n) is 20.0. The van der Waals surface area contributed by atoms with Crippen LogP contribution in [0.2, 0.25) is 0 Å². The van der Waals surface area contributed by atoms with E-state index in [0.29, 0.717) is 23.3 Å². The van der Waals surface area contributed by atoms with Crippen molar-refractivity contribution in [2.75, 3.05) is 14.2 Å². The van der Waals surface area contributed by atoms with Gasteiger partial charge in [-0.15, -0.1) is 0 Å². The molecule has 186 valence electrons. The topological polar surface area (TPSA) is 82.1 Å². The lowest BCUT2D eigenvalue weighted by atomic mass is 10.1. The summed E-state index contributed by atoms with van der Waals surface area (Å²) < 4.78 is 54.7. The third kappa shape index (κ3) is 6.10. The van der Waals surface area contributed by atoms with Gasteiger partial charge in [-0.25, -0.2) is 4.39 Å². The van der Waals surface area contributed by atoms with Crippen molar-refractivity contribution in [2.45, 2.75) is 37.8 Å². The summed E-state index contributed by atoms with van der Waals surface area (Å²) in [4.78, 5) is 14.9. The van der Waals surface area contributed by atoms with Crippen LogP contribution < -0.4 is 13.7 Å². The highest BCUT2D eigenvalue weighted by atomic mass is 32.2. The molecule has 0 aromatic heterocycles. The number of carbonyl (C=O) groups excluding carboxylic acids is 1. The molecule has 0 fully saturated rings. The van der Waals surface area contributed by atoms with Gasteiger partial charge in [0.25, 0.3) is 5.91 Å². The Labute approximate surface area is 205 Å². The van der Waals surface area contributed by atoms with E-state index in [1.165, 1.54) is 20.3 Å². The van der Waals surface area contributed by atoms with E-state index >= 15 is 0 Å². The predicted molar refractivity (Wildman–Crippen MR) is 130 cm³/mol. The maximum atomic E-state index is 13.4. The maximum absolute atomic E-state index is 13.4. The van der Waals surface area contributed by atoms with Gasteiger partial charge in [-0.05, 0) is 67.4 Å². The number of amides is 1. The van der Waals surface area contributed by atoms with Crippen LogP contribution in [-0.2, 0) is 16.7 Å². The van der Waals surface area contributed by atoms with Gasteiger partial charge in [-0.2, -0.15) is 8.42 Å². The van der Waals surface area contributed by atoms with E-state index in [2.05, 4.69) is 0 Å². The Hall–Kier alpha value is -3.59. The number of para-hydroxylation sites is 1. The fourth-order valence-electron chi connectivity index (χ4n) is 3.47. The first-order valence-electron chi connectivity index (χ1n) is 11.0. The quantitative estimate of drug-likeness (QED) is 0.362. The van der Waals surface area contributed by atoms with Crippen molar-refractivity contribution in [2.24, 2.45) is 0 Å². The number of benzene rings is 3. The number of carbonyl (C=O) groups is 1. The van der Waals surface area contributed by atoms with Crippen molar-refractivity contribution in [3.8, 4) is 17.2 Å². The van der Waals surface area contributed by atoms with Crippen molar-refractivity contribution in [1.82, 2.24) is 4.90 Å². The molecule has 1 unspecified atom stereocenters. The predicted octanol–water partition coefficient (Wildman–Crippen LogP) is 5.05. The SMILES string of the molecule is CCC(C)N(Cc1ccc(OC)c(OS(=O)(=O)c2ccc(F)cc2)c1)C(=O)c1ccccc1OC. The number of methoxy groups -OCH3 is 2. The molecule has 3 rings (SSSR count). The summed E-state index contributed by atoms with van der Waals surface area (Å²) in [6, 6.07) is 16.0. The molecule has 0 spiro atoms. The molecule has 0 aliphatic heterocycles. The molecule has 3 aromatic carbocycles. The number of halogens is 1. The standard InChI is InChI=1S/C26H28FNO6S/c1-5-18(2)28(26(29)22-8-6-7-9-23(22)32-3)17-19-10-15-24(33-4)25(16-19)34-35(30,31)21-13-11-20(27)12-14-21/h6-16,18H,5,17H2,1-4H3. The summed E-state index contributed by atoms with van der Waals surface area (Å²) >= 11 is 0. The molecule has 3 aromatic rings. The highest BCUT2D eigenvalue weighted by Gasteiger charge is 2.25. The fraction of sp³-hybridized carbons (Fsp3) is 0.269. The molecule has 0 saturated heterocycles. The van der Waals surface area contributed by atoms with Gasteiger partial charge in [0, 0.05) is 12.6 Å². The Bertz CT molecular complexity index is 1280. The maximum Gasteiger partial charge on any atom is 0.339 e. The monoisotopic (exact) mass is 501 g/mol. The van der Waals surface area contributed by atoms with Gasteiger partial charge in [0.1, 0.15) is 16.5 Å². The average molecular weight is 502 g/mol. The molecule has 0 aliphatic carbocycles. The molecule has 0 heterocycles. The second-order valence-corrected chi connectivity index (χ2v) is 9.41. The van der Waals surface area contributed by atoms with E-state index in [9.17, 15) is 17.6 Å². The summed E-state index contributed by atoms with van der Waals surface area (Å²) in [6.45, 7) is 4.11. The van der Waals surface area contributed by atoms with E-state index in [1.54, 1.807) is 41.3 Å². The van der Waals surface area contributed by atoms with E-state index in [0.717, 1.165) is 24.3 Å². The number of hydrogen-bond donors (Lipinski definition) is 0. The fourth-order valence-corrected chi connectivity index (χ4v) is 4.41. The van der Waals surface area contributed by atoms with Crippen LogP contribution in [0.15, 0.2) is 71.6 Å². The number of hydrogen-bond acceptors (Lipinski definition) is 6. The Balaban J connectivity index is 1.94. The van der Waals surface area contributed by atoms with E-state index in [1.807, 2.05) is 13.8 Å². The molecule has 0 bridgehead atoms. The van der Waals surface area contributed by atoms with Gasteiger partial charge in [-0.1, -0.05) is 25.1 Å². The highest BCUT2D eigenvalue weighted by molar-refractivity contribution is 7.87. The van der Waals surface area contributed by atoms with Crippen LogP contribution >= 0.6 is 0 Å². The van der Waals surface area contributed by atoms with Crippen LogP contribution in [0, 0.1) is 5.82 Å². The Morgan fingerprint density at radius 1 is 0.943 bits per heavy atom. The average Bonchev–Trinajstić information content (AvgIpc) is 2.86. The number of ether oxygens (including phenoxy) is 2. The molecular weight excluding hydrogens is 473 g/mol. The van der Waals surface area contributed by atoms with Crippen LogP contribution in [-0.4, -0.2) is 39.5 Å². The number of rotatable bonds is 10. The summed E-state index contributed by atoms with van der Waals surface area (Å²) in [7, 11) is -1.34. The first-order valence-corrected chi connectivity index (χ1v) is 12.4. The zero-order valence-corrected chi connectivity index (χ0v) is 20.8. The molecule has 35 heavy (non-hydrogen) atoms. The largest absolute Gasteiger partial charge is 0.496 e. The first kappa shape index (κ1) is 26.0. The zero-order chi connectivity index (χ0) is 25.6. The lowest BCUT2D eigenvalue weighted by molar-refractivity contribution is 0.0668. The van der Waals surface area contributed by atoms with Crippen molar-refractivity contribution in [1.29, 1.82) is 0 Å². The first-order chi connectivity index (χ1) is 16.7. The van der Waals surface area contributed by atoms with Gasteiger partial charge in [-0.3, -0.25) is 4.79 Å². The second-order valence-electron chi connectivity index (χ2n) is 7.87.